The van der Waals surface area contributed by atoms with Crippen LogP contribution < -0.4 is 4.80 Å². The van der Waals surface area contributed by atoms with Crippen LogP contribution in [-0.2, 0) is 0 Å². The first-order valence-electron chi connectivity index (χ1n) is 6.68. The lowest BCUT2D eigenvalue weighted by atomic mass is 10.2. The number of hydrogen-bond donors (Lipinski definition) is 0. The number of thiazole rings is 1. The summed E-state index contributed by atoms with van der Waals surface area (Å²) in [6.07, 6.45) is 1.63. The molecular weight excluding hydrogens is 318 g/mol. The third kappa shape index (κ3) is 2.91. The van der Waals surface area contributed by atoms with Crippen LogP contribution in [0.25, 0.3) is 11.3 Å². The summed E-state index contributed by atoms with van der Waals surface area (Å²) >= 11 is 7.63. The highest BCUT2D eigenvalue weighted by Crippen LogP contribution is 2.23. The Morgan fingerprint density at radius 1 is 1.27 bits per heavy atom. The minimum Gasteiger partial charge on any atom is -0.463 e. The number of hydrogen-bond acceptors (Lipinski definition) is 4. The maximum Gasteiger partial charge on any atom is 0.205 e. The Labute approximate surface area is 137 Å². The van der Waals surface area contributed by atoms with Crippen LogP contribution in [0, 0.1) is 0 Å². The van der Waals surface area contributed by atoms with Gasteiger partial charge < -0.3 is 4.42 Å². The van der Waals surface area contributed by atoms with Crippen molar-refractivity contribution in [2.75, 3.05) is 7.05 Å². The summed E-state index contributed by atoms with van der Waals surface area (Å²) in [5, 5.41) is 7.36. The number of benzene rings is 1. The third-order valence-electron chi connectivity index (χ3n) is 3.12. The maximum absolute atomic E-state index is 6.09. The normalized spacial score (nSPS) is 12.9. The average Bonchev–Trinajstić information content (AvgIpc) is 3.16. The number of furan rings is 1. The highest BCUT2D eigenvalue weighted by Gasteiger charge is 2.09. The van der Waals surface area contributed by atoms with Crippen LogP contribution in [-0.4, -0.2) is 17.4 Å². The van der Waals surface area contributed by atoms with E-state index in [0.29, 0.717) is 5.02 Å². The van der Waals surface area contributed by atoms with E-state index >= 15 is 0 Å². The molecule has 3 aromatic rings. The van der Waals surface area contributed by atoms with Gasteiger partial charge in [-0.2, -0.15) is 5.10 Å². The summed E-state index contributed by atoms with van der Waals surface area (Å²) in [4.78, 5) is 5.09. The summed E-state index contributed by atoms with van der Waals surface area (Å²) in [6.45, 7) is 1.91. The van der Waals surface area contributed by atoms with Gasteiger partial charge in [0.2, 0.25) is 4.80 Å². The molecule has 0 aliphatic heterocycles. The fraction of sp³-hybridized carbons (Fsp3) is 0.125. The molecule has 2 heterocycles. The minimum atomic E-state index is 0.692. The quantitative estimate of drug-likeness (QED) is 0.661. The number of rotatable bonds is 3. The van der Waals surface area contributed by atoms with E-state index in [-0.39, 0.29) is 0 Å². The third-order valence-corrected chi connectivity index (χ3v) is 4.27. The Morgan fingerprint density at radius 2 is 2.14 bits per heavy atom. The van der Waals surface area contributed by atoms with Crippen LogP contribution in [0.3, 0.4) is 0 Å². The second kappa shape index (κ2) is 6.34. The lowest BCUT2D eigenvalue weighted by Gasteiger charge is -2.05. The van der Waals surface area contributed by atoms with Crippen LogP contribution in [0.1, 0.15) is 12.7 Å². The Kier molecular flexibility index (Phi) is 4.27. The van der Waals surface area contributed by atoms with E-state index in [9.17, 15) is 0 Å². The molecule has 0 spiro atoms. The smallest absolute Gasteiger partial charge is 0.205 e. The highest BCUT2D eigenvalue weighted by molar-refractivity contribution is 7.07. The van der Waals surface area contributed by atoms with Crippen LogP contribution in [0.5, 0.6) is 0 Å². The van der Waals surface area contributed by atoms with Crippen molar-refractivity contribution in [3.05, 3.63) is 63.6 Å². The van der Waals surface area contributed by atoms with Gasteiger partial charge in [-0.3, -0.25) is 4.99 Å². The SMILES string of the molecule is CN=c1scc(-c2cccc(Cl)c2)n1N=C(C)c1ccco1. The van der Waals surface area contributed by atoms with E-state index in [2.05, 4.69) is 10.1 Å². The van der Waals surface area contributed by atoms with Gasteiger partial charge in [0.25, 0.3) is 0 Å². The highest BCUT2D eigenvalue weighted by atomic mass is 35.5. The molecule has 0 aliphatic rings. The average molecular weight is 332 g/mol. The topological polar surface area (TPSA) is 42.8 Å². The van der Waals surface area contributed by atoms with Gasteiger partial charge in [0.1, 0.15) is 11.5 Å². The monoisotopic (exact) mass is 331 g/mol. The van der Waals surface area contributed by atoms with E-state index < -0.39 is 0 Å². The van der Waals surface area contributed by atoms with Crippen molar-refractivity contribution in [1.29, 1.82) is 0 Å². The van der Waals surface area contributed by atoms with E-state index in [1.807, 2.05) is 53.4 Å². The van der Waals surface area contributed by atoms with E-state index in [4.69, 9.17) is 16.0 Å². The van der Waals surface area contributed by atoms with Crippen LogP contribution in [0.4, 0.5) is 0 Å². The van der Waals surface area contributed by atoms with Crippen molar-refractivity contribution in [3.8, 4) is 11.3 Å². The standard InChI is InChI=1S/C16H14ClN3OS/c1-11(15-7-4-8-21-15)19-20-14(10-22-16(20)18-2)12-5-3-6-13(17)9-12/h3-10H,1-2H3. The van der Waals surface area contributed by atoms with Gasteiger partial charge in [0.15, 0.2) is 0 Å². The van der Waals surface area contributed by atoms with Crippen LogP contribution in [0.2, 0.25) is 5.02 Å². The summed E-state index contributed by atoms with van der Waals surface area (Å²) in [5.74, 6) is 0.734. The number of nitrogens with zero attached hydrogens (tertiary/aromatic N) is 3. The Balaban J connectivity index is 2.15. The fourth-order valence-electron chi connectivity index (χ4n) is 2.08. The second-order valence-electron chi connectivity index (χ2n) is 4.61. The lowest BCUT2D eigenvalue weighted by Crippen LogP contribution is -2.13. The van der Waals surface area contributed by atoms with Gasteiger partial charge in [-0.05, 0) is 31.2 Å². The molecule has 112 valence electrons. The maximum atomic E-state index is 6.09. The molecule has 0 radical (unpaired) electrons. The van der Waals surface area contributed by atoms with Crippen molar-refractivity contribution in [1.82, 2.24) is 4.68 Å². The zero-order valence-electron chi connectivity index (χ0n) is 12.2. The van der Waals surface area contributed by atoms with Crippen molar-refractivity contribution in [2.45, 2.75) is 6.92 Å². The summed E-state index contributed by atoms with van der Waals surface area (Å²) in [5.41, 5.74) is 2.72. The Bertz CT molecular complexity index is 875. The Morgan fingerprint density at radius 3 is 2.82 bits per heavy atom. The first-order valence-corrected chi connectivity index (χ1v) is 7.93. The zero-order valence-corrected chi connectivity index (χ0v) is 13.7. The summed E-state index contributed by atoms with van der Waals surface area (Å²) < 4.78 is 7.20. The van der Waals surface area contributed by atoms with E-state index in [1.165, 1.54) is 11.3 Å². The molecule has 4 nitrogen and oxygen atoms in total. The van der Waals surface area contributed by atoms with Gasteiger partial charge in [-0.15, -0.1) is 11.3 Å². The Hall–Kier alpha value is -2.11. The number of aromatic nitrogens is 1. The summed E-state index contributed by atoms with van der Waals surface area (Å²) in [7, 11) is 1.75. The predicted molar refractivity (Wildman–Crippen MR) is 90.6 cm³/mol. The molecule has 0 N–H and O–H groups in total. The molecule has 3 rings (SSSR count). The first kappa shape index (κ1) is 14.8. The fourth-order valence-corrected chi connectivity index (χ4v) is 3.06. The number of halogens is 1. The van der Waals surface area contributed by atoms with E-state index in [1.54, 1.807) is 13.3 Å². The molecule has 2 aromatic heterocycles. The first-order chi connectivity index (χ1) is 10.7. The second-order valence-corrected chi connectivity index (χ2v) is 5.88. The van der Waals surface area contributed by atoms with Crippen molar-refractivity contribution in [3.63, 3.8) is 0 Å². The zero-order chi connectivity index (χ0) is 15.5. The van der Waals surface area contributed by atoms with Gasteiger partial charge in [-0.25, -0.2) is 4.68 Å². The van der Waals surface area contributed by atoms with Crippen molar-refractivity contribution < 1.29 is 4.42 Å². The molecule has 0 aliphatic carbocycles. The van der Waals surface area contributed by atoms with Crippen LogP contribution >= 0.6 is 22.9 Å². The molecule has 0 unspecified atom stereocenters. The molecule has 6 heteroatoms. The molecule has 0 atom stereocenters. The molecule has 1 aromatic carbocycles. The molecule has 0 saturated heterocycles. The largest absolute Gasteiger partial charge is 0.463 e. The van der Waals surface area contributed by atoms with Crippen molar-refractivity contribution in [2.24, 2.45) is 10.1 Å². The van der Waals surface area contributed by atoms with Crippen molar-refractivity contribution >= 4 is 28.6 Å². The van der Waals surface area contributed by atoms with E-state index in [0.717, 1.165) is 27.5 Å². The van der Waals surface area contributed by atoms with Gasteiger partial charge >= 0.3 is 0 Å². The summed E-state index contributed by atoms with van der Waals surface area (Å²) in [6, 6.07) is 11.4. The van der Waals surface area contributed by atoms with Gasteiger partial charge in [0, 0.05) is 23.0 Å². The molecule has 0 fully saturated rings. The molecule has 22 heavy (non-hydrogen) atoms. The molecular formula is C16H14ClN3OS. The predicted octanol–water partition coefficient (Wildman–Crippen LogP) is 4.27. The van der Waals surface area contributed by atoms with Crippen LogP contribution in [0.15, 0.2) is 62.6 Å². The lowest BCUT2D eigenvalue weighted by molar-refractivity contribution is 0.556. The minimum absolute atomic E-state index is 0.692. The molecule has 0 saturated carbocycles. The van der Waals surface area contributed by atoms with Gasteiger partial charge in [0.05, 0.1) is 12.0 Å². The van der Waals surface area contributed by atoms with Gasteiger partial charge in [-0.1, -0.05) is 23.7 Å². The molecule has 0 amide bonds. The molecule has 0 bridgehead atoms.